The maximum atomic E-state index is 11.5. The first-order valence-corrected chi connectivity index (χ1v) is 7.10. The summed E-state index contributed by atoms with van der Waals surface area (Å²) in [5, 5.41) is 5.42. The Morgan fingerprint density at radius 2 is 2.00 bits per heavy atom. The lowest BCUT2D eigenvalue weighted by molar-refractivity contribution is -0.121. The zero-order chi connectivity index (χ0) is 15.1. The summed E-state index contributed by atoms with van der Waals surface area (Å²) in [5.41, 5.74) is 2.00. The molecule has 2 aromatic rings. The summed E-state index contributed by atoms with van der Waals surface area (Å²) in [6, 6.07) is 7.90. The number of H-pyrrole nitrogens is 1. The lowest BCUT2D eigenvalue weighted by Crippen LogP contribution is -2.30. The lowest BCUT2D eigenvalue weighted by Gasteiger charge is -2.04. The fourth-order valence-corrected chi connectivity index (χ4v) is 2.05. The molecular weight excluding hydrogens is 268 g/mol. The zero-order valence-electron chi connectivity index (χ0n) is 12.1. The number of hydrogen-bond donors (Lipinski definition) is 3. The summed E-state index contributed by atoms with van der Waals surface area (Å²) < 4.78 is 0. The second-order valence-corrected chi connectivity index (χ2v) is 4.89. The standard InChI is InChI=1S/C15H20N4O2/c1-11(20)16-10-8-15(21)17-9-4-7-14-18-12-5-2-3-6-13(12)19-14/h2-3,5-6H,4,7-10H2,1H3,(H,16,20)(H,17,21)(H,18,19). The summed E-state index contributed by atoms with van der Waals surface area (Å²) in [6.07, 6.45) is 1.93. The molecule has 0 saturated carbocycles. The van der Waals surface area contributed by atoms with Gasteiger partial charge in [-0.3, -0.25) is 9.59 Å². The third kappa shape index (κ3) is 4.91. The molecule has 0 unspecified atom stereocenters. The minimum Gasteiger partial charge on any atom is -0.356 e. The highest BCUT2D eigenvalue weighted by molar-refractivity contribution is 5.77. The van der Waals surface area contributed by atoms with Gasteiger partial charge in [0, 0.05) is 32.9 Å². The second kappa shape index (κ2) is 7.42. The normalized spacial score (nSPS) is 10.5. The molecule has 1 aromatic heterocycles. The molecule has 0 aliphatic heterocycles. The van der Waals surface area contributed by atoms with E-state index in [1.165, 1.54) is 6.92 Å². The Balaban J connectivity index is 1.65. The van der Waals surface area contributed by atoms with Crippen LogP contribution in [0.1, 0.15) is 25.6 Å². The van der Waals surface area contributed by atoms with Gasteiger partial charge < -0.3 is 15.6 Å². The van der Waals surface area contributed by atoms with Gasteiger partial charge in [-0.1, -0.05) is 12.1 Å². The highest BCUT2D eigenvalue weighted by Crippen LogP contribution is 2.10. The molecule has 0 aliphatic rings. The molecule has 112 valence electrons. The molecular formula is C15H20N4O2. The molecule has 0 aliphatic carbocycles. The van der Waals surface area contributed by atoms with Crippen molar-refractivity contribution in [3.63, 3.8) is 0 Å². The summed E-state index contributed by atoms with van der Waals surface area (Å²) in [6.45, 7) is 2.42. The Kier molecular flexibility index (Phi) is 5.31. The molecule has 21 heavy (non-hydrogen) atoms. The number of carbonyl (C=O) groups excluding carboxylic acids is 2. The van der Waals surface area contributed by atoms with Crippen LogP contribution in [0, 0.1) is 0 Å². The number of carbonyl (C=O) groups is 2. The van der Waals surface area contributed by atoms with Crippen LogP contribution in [-0.4, -0.2) is 34.9 Å². The van der Waals surface area contributed by atoms with Gasteiger partial charge in [-0.05, 0) is 18.6 Å². The summed E-state index contributed by atoms with van der Waals surface area (Å²) >= 11 is 0. The average molecular weight is 288 g/mol. The predicted octanol–water partition coefficient (Wildman–Crippen LogP) is 1.14. The predicted molar refractivity (Wildman–Crippen MR) is 80.7 cm³/mol. The van der Waals surface area contributed by atoms with E-state index in [1.807, 2.05) is 24.3 Å². The van der Waals surface area contributed by atoms with Crippen molar-refractivity contribution >= 4 is 22.8 Å². The van der Waals surface area contributed by atoms with Crippen molar-refractivity contribution in [2.75, 3.05) is 13.1 Å². The Morgan fingerprint density at radius 3 is 2.76 bits per heavy atom. The van der Waals surface area contributed by atoms with Crippen LogP contribution in [0.5, 0.6) is 0 Å². The molecule has 1 aromatic carbocycles. The molecule has 2 amide bonds. The molecule has 3 N–H and O–H groups in total. The number of aromatic amines is 1. The van der Waals surface area contributed by atoms with E-state index in [1.54, 1.807) is 0 Å². The Bertz CT molecular complexity index is 588. The highest BCUT2D eigenvalue weighted by Gasteiger charge is 2.03. The van der Waals surface area contributed by atoms with E-state index in [-0.39, 0.29) is 11.8 Å². The third-order valence-electron chi connectivity index (χ3n) is 3.08. The number of rotatable bonds is 7. The quantitative estimate of drug-likeness (QED) is 0.668. The maximum Gasteiger partial charge on any atom is 0.221 e. The van der Waals surface area contributed by atoms with Gasteiger partial charge in [0.25, 0.3) is 0 Å². The summed E-state index contributed by atoms with van der Waals surface area (Å²) in [4.78, 5) is 29.9. The van der Waals surface area contributed by atoms with Gasteiger partial charge in [0.1, 0.15) is 5.82 Å². The number of imidazole rings is 1. The third-order valence-corrected chi connectivity index (χ3v) is 3.08. The van der Waals surface area contributed by atoms with Crippen molar-refractivity contribution in [1.29, 1.82) is 0 Å². The van der Waals surface area contributed by atoms with Crippen molar-refractivity contribution < 1.29 is 9.59 Å². The van der Waals surface area contributed by atoms with E-state index in [9.17, 15) is 9.59 Å². The van der Waals surface area contributed by atoms with Crippen LogP contribution >= 0.6 is 0 Å². The second-order valence-electron chi connectivity index (χ2n) is 4.89. The Labute approximate surface area is 123 Å². The number of nitrogens with one attached hydrogen (secondary N) is 3. The fourth-order valence-electron chi connectivity index (χ4n) is 2.05. The SMILES string of the molecule is CC(=O)NCCC(=O)NCCCc1nc2ccccc2[nH]1. The van der Waals surface area contributed by atoms with Crippen LogP contribution < -0.4 is 10.6 Å². The first-order valence-electron chi connectivity index (χ1n) is 7.10. The minimum absolute atomic E-state index is 0.0478. The average Bonchev–Trinajstić information content (AvgIpc) is 2.86. The van der Waals surface area contributed by atoms with Gasteiger partial charge in [-0.25, -0.2) is 4.98 Å². The maximum absolute atomic E-state index is 11.5. The highest BCUT2D eigenvalue weighted by atomic mass is 16.2. The number of amides is 2. The molecule has 0 saturated heterocycles. The smallest absolute Gasteiger partial charge is 0.221 e. The molecule has 1 heterocycles. The topological polar surface area (TPSA) is 86.9 Å². The number of nitrogens with zero attached hydrogens (tertiary/aromatic N) is 1. The van der Waals surface area contributed by atoms with E-state index in [2.05, 4.69) is 20.6 Å². The van der Waals surface area contributed by atoms with Crippen LogP contribution in [0.4, 0.5) is 0 Å². The molecule has 0 fully saturated rings. The summed E-state index contributed by atoms with van der Waals surface area (Å²) in [7, 11) is 0. The lowest BCUT2D eigenvalue weighted by atomic mass is 10.3. The van der Waals surface area contributed by atoms with Crippen molar-refractivity contribution in [2.24, 2.45) is 0 Å². The Morgan fingerprint density at radius 1 is 1.19 bits per heavy atom. The van der Waals surface area contributed by atoms with Crippen molar-refractivity contribution in [3.8, 4) is 0 Å². The number of aryl methyl sites for hydroxylation is 1. The summed E-state index contributed by atoms with van der Waals surface area (Å²) in [5.74, 6) is 0.768. The minimum atomic E-state index is -0.118. The van der Waals surface area contributed by atoms with Gasteiger partial charge in [0.05, 0.1) is 11.0 Å². The zero-order valence-corrected chi connectivity index (χ0v) is 12.1. The molecule has 0 radical (unpaired) electrons. The van der Waals surface area contributed by atoms with Crippen molar-refractivity contribution in [3.05, 3.63) is 30.1 Å². The van der Waals surface area contributed by atoms with E-state index in [4.69, 9.17) is 0 Å². The number of fused-ring (bicyclic) bond motifs is 1. The van der Waals surface area contributed by atoms with E-state index >= 15 is 0 Å². The van der Waals surface area contributed by atoms with Gasteiger partial charge in [-0.2, -0.15) is 0 Å². The molecule has 0 spiro atoms. The molecule has 0 atom stereocenters. The number of aromatic nitrogens is 2. The molecule has 0 bridgehead atoms. The number of benzene rings is 1. The van der Waals surface area contributed by atoms with Gasteiger partial charge >= 0.3 is 0 Å². The van der Waals surface area contributed by atoms with Crippen LogP contribution in [0.3, 0.4) is 0 Å². The van der Waals surface area contributed by atoms with E-state index in [0.29, 0.717) is 19.5 Å². The van der Waals surface area contributed by atoms with E-state index in [0.717, 1.165) is 29.7 Å². The van der Waals surface area contributed by atoms with Crippen molar-refractivity contribution in [1.82, 2.24) is 20.6 Å². The molecule has 2 rings (SSSR count). The largest absolute Gasteiger partial charge is 0.356 e. The van der Waals surface area contributed by atoms with Gasteiger partial charge in [0.2, 0.25) is 11.8 Å². The van der Waals surface area contributed by atoms with Crippen LogP contribution in [0.15, 0.2) is 24.3 Å². The van der Waals surface area contributed by atoms with Crippen LogP contribution in [0.25, 0.3) is 11.0 Å². The number of para-hydroxylation sites is 2. The van der Waals surface area contributed by atoms with Crippen molar-refractivity contribution in [2.45, 2.75) is 26.2 Å². The van der Waals surface area contributed by atoms with E-state index < -0.39 is 0 Å². The van der Waals surface area contributed by atoms with Crippen LogP contribution in [0.2, 0.25) is 0 Å². The Hall–Kier alpha value is -2.37. The molecule has 6 nitrogen and oxygen atoms in total. The van der Waals surface area contributed by atoms with Crippen LogP contribution in [-0.2, 0) is 16.0 Å². The number of hydrogen-bond acceptors (Lipinski definition) is 3. The first kappa shape index (κ1) is 15.0. The monoisotopic (exact) mass is 288 g/mol. The van der Waals surface area contributed by atoms with Gasteiger partial charge in [0.15, 0.2) is 0 Å². The first-order chi connectivity index (χ1) is 10.1. The molecule has 6 heteroatoms. The fraction of sp³-hybridized carbons (Fsp3) is 0.400. The van der Waals surface area contributed by atoms with Gasteiger partial charge in [-0.15, -0.1) is 0 Å².